The van der Waals surface area contributed by atoms with Crippen molar-refractivity contribution in [2.75, 3.05) is 26.2 Å². The van der Waals surface area contributed by atoms with Gasteiger partial charge in [0.15, 0.2) is 0 Å². The minimum Gasteiger partial charge on any atom is -0.297 e. The van der Waals surface area contributed by atoms with E-state index in [1.165, 1.54) is 21.4 Å². The Morgan fingerprint density at radius 1 is 1.04 bits per heavy atom. The molecule has 1 aromatic carbocycles. The third kappa shape index (κ3) is 3.85. The third-order valence-corrected chi connectivity index (χ3v) is 5.79. The van der Waals surface area contributed by atoms with Gasteiger partial charge in [-0.1, -0.05) is 48.6 Å². The van der Waals surface area contributed by atoms with Crippen molar-refractivity contribution in [1.82, 2.24) is 24.4 Å². The largest absolute Gasteiger partial charge is 0.297 e. The van der Waals surface area contributed by atoms with Crippen LogP contribution in [-0.4, -0.2) is 50.6 Å². The van der Waals surface area contributed by atoms with Crippen molar-refractivity contribution >= 4 is 16.3 Å². The Kier molecular flexibility index (Phi) is 5.10. The molecule has 3 heterocycles. The number of rotatable bonds is 5. The van der Waals surface area contributed by atoms with Gasteiger partial charge in [-0.3, -0.25) is 14.6 Å². The number of hydrogen-bond donors (Lipinski definition) is 0. The first-order valence-corrected chi connectivity index (χ1v) is 9.90. The van der Waals surface area contributed by atoms with Crippen LogP contribution in [0.4, 0.5) is 0 Å². The Labute approximate surface area is 156 Å². The highest BCUT2D eigenvalue weighted by Gasteiger charge is 2.18. The number of fused-ring (bicyclic) bond motifs is 1. The third-order valence-electron chi connectivity index (χ3n) is 4.74. The molecule has 0 bridgehead atoms. The number of aromatic nitrogens is 3. The van der Waals surface area contributed by atoms with Gasteiger partial charge >= 0.3 is 0 Å². The average Bonchev–Trinajstić information content (AvgIpc) is 3.08. The van der Waals surface area contributed by atoms with Gasteiger partial charge in [0.25, 0.3) is 5.56 Å². The van der Waals surface area contributed by atoms with Crippen LogP contribution in [0, 0.1) is 0 Å². The number of hydrogen-bond acceptors (Lipinski definition) is 6. The lowest BCUT2D eigenvalue weighted by atomic mass is 10.2. The zero-order valence-electron chi connectivity index (χ0n) is 15.0. The quantitative estimate of drug-likeness (QED) is 0.689. The Balaban J connectivity index is 1.38. The molecular weight excluding hydrogens is 346 g/mol. The van der Waals surface area contributed by atoms with Gasteiger partial charge in [-0.25, -0.2) is 4.98 Å². The van der Waals surface area contributed by atoms with Crippen LogP contribution in [0.1, 0.15) is 23.2 Å². The van der Waals surface area contributed by atoms with Gasteiger partial charge in [0.05, 0.1) is 5.69 Å². The van der Waals surface area contributed by atoms with Crippen LogP contribution in [0.25, 0.3) is 4.96 Å². The van der Waals surface area contributed by atoms with Gasteiger partial charge in [0.1, 0.15) is 5.01 Å². The molecule has 1 fully saturated rings. The Bertz CT molecular complexity index is 928. The Hall–Kier alpha value is -2.09. The average molecular weight is 369 g/mol. The van der Waals surface area contributed by atoms with Gasteiger partial charge in [-0.2, -0.15) is 9.61 Å². The van der Waals surface area contributed by atoms with Crippen LogP contribution in [0.5, 0.6) is 0 Å². The molecule has 0 atom stereocenters. The summed E-state index contributed by atoms with van der Waals surface area (Å²) in [5, 5.41) is 5.25. The molecule has 7 heteroatoms. The van der Waals surface area contributed by atoms with E-state index in [-0.39, 0.29) is 5.56 Å². The van der Waals surface area contributed by atoms with Crippen molar-refractivity contribution in [3.05, 3.63) is 63.0 Å². The molecule has 0 spiro atoms. The standard InChI is InChI=1S/C19H23N5OS/c1-2-17-21-24-18(25)12-16(20-19(24)26-17)14-23-10-8-22(9-11-23)13-15-6-4-3-5-7-15/h3-7,12H,2,8-11,13-14H2,1H3. The van der Waals surface area contributed by atoms with Crippen molar-refractivity contribution in [1.29, 1.82) is 0 Å². The minimum absolute atomic E-state index is 0.0799. The van der Waals surface area contributed by atoms with Crippen LogP contribution in [0.3, 0.4) is 0 Å². The second kappa shape index (κ2) is 7.65. The molecule has 0 saturated carbocycles. The minimum atomic E-state index is -0.0799. The number of aryl methyl sites for hydroxylation is 1. The maximum Gasteiger partial charge on any atom is 0.275 e. The maximum atomic E-state index is 12.3. The topological polar surface area (TPSA) is 53.7 Å². The lowest BCUT2D eigenvalue weighted by Gasteiger charge is -2.34. The van der Waals surface area contributed by atoms with Crippen LogP contribution in [0.15, 0.2) is 41.2 Å². The summed E-state index contributed by atoms with van der Waals surface area (Å²) < 4.78 is 1.42. The van der Waals surface area contributed by atoms with Crippen molar-refractivity contribution < 1.29 is 0 Å². The summed E-state index contributed by atoms with van der Waals surface area (Å²) in [7, 11) is 0. The van der Waals surface area contributed by atoms with E-state index in [0.29, 0.717) is 4.96 Å². The summed E-state index contributed by atoms with van der Waals surface area (Å²) in [5.41, 5.74) is 2.12. The zero-order valence-corrected chi connectivity index (χ0v) is 15.8. The molecule has 0 aliphatic carbocycles. The number of piperazine rings is 1. The van der Waals surface area contributed by atoms with E-state index in [1.807, 2.05) is 6.92 Å². The van der Waals surface area contributed by atoms with Gasteiger partial charge in [-0.05, 0) is 12.0 Å². The van der Waals surface area contributed by atoms with Crippen LogP contribution in [0.2, 0.25) is 0 Å². The van der Waals surface area contributed by atoms with E-state index in [2.05, 4.69) is 50.2 Å². The maximum absolute atomic E-state index is 12.3. The van der Waals surface area contributed by atoms with E-state index in [0.717, 1.165) is 56.4 Å². The van der Waals surface area contributed by atoms with Crippen molar-refractivity contribution in [3.8, 4) is 0 Å². The van der Waals surface area contributed by atoms with Crippen LogP contribution in [-0.2, 0) is 19.5 Å². The van der Waals surface area contributed by atoms with E-state index in [1.54, 1.807) is 6.07 Å². The number of nitrogens with zero attached hydrogens (tertiary/aromatic N) is 5. The molecule has 136 valence electrons. The highest BCUT2D eigenvalue weighted by atomic mass is 32.1. The molecule has 2 aromatic heterocycles. The number of benzene rings is 1. The van der Waals surface area contributed by atoms with Gasteiger partial charge < -0.3 is 0 Å². The summed E-state index contributed by atoms with van der Waals surface area (Å²) in [6.45, 7) is 7.84. The van der Waals surface area contributed by atoms with Gasteiger partial charge in [0.2, 0.25) is 4.96 Å². The first kappa shape index (κ1) is 17.3. The second-order valence-electron chi connectivity index (χ2n) is 6.67. The molecule has 0 N–H and O–H groups in total. The first-order chi connectivity index (χ1) is 12.7. The Morgan fingerprint density at radius 3 is 2.42 bits per heavy atom. The smallest absolute Gasteiger partial charge is 0.275 e. The SMILES string of the molecule is CCc1nn2c(=O)cc(CN3CCN(Cc4ccccc4)CC3)nc2s1. The lowest BCUT2D eigenvalue weighted by Crippen LogP contribution is -2.45. The molecular formula is C19H23N5OS. The molecule has 1 aliphatic heterocycles. The lowest BCUT2D eigenvalue weighted by molar-refractivity contribution is 0.121. The molecule has 26 heavy (non-hydrogen) atoms. The van der Waals surface area contributed by atoms with E-state index in [9.17, 15) is 4.79 Å². The predicted octanol–water partition coefficient (Wildman–Crippen LogP) is 2.03. The van der Waals surface area contributed by atoms with Crippen molar-refractivity contribution in [3.63, 3.8) is 0 Å². The molecule has 6 nitrogen and oxygen atoms in total. The molecule has 0 unspecified atom stereocenters. The Morgan fingerprint density at radius 2 is 1.73 bits per heavy atom. The van der Waals surface area contributed by atoms with Crippen molar-refractivity contribution in [2.24, 2.45) is 0 Å². The monoisotopic (exact) mass is 369 g/mol. The van der Waals surface area contributed by atoms with E-state index in [4.69, 9.17) is 0 Å². The molecule has 1 aliphatic rings. The molecule has 3 aromatic rings. The van der Waals surface area contributed by atoms with E-state index >= 15 is 0 Å². The normalized spacial score (nSPS) is 16.3. The fourth-order valence-corrected chi connectivity index (χ4v) is 4.15. The summed E-state index contributed by atoms with van der Waals surface area (Å²) in [4.78, 5) is 22.5. The van der Waals surface area contributed by atoms with Crippen molar-refractivity contribution in [2.45, 2.75) is 26.4 Å². The second-order valence-corrected chi connectivity index (χ2v) is 7.71. The molecule has 1 saturated heterocycles. The zero-order chi connectivity index (χ0) is 17.9. The van der Waals surface area contributed by atoms with Crippen LogP contribution < -0.4 is 5.56 Å². The summed E-state index contributed by atoms with van der Waals surface area (Å²) in [5.74, 6) is 0. The molecule has 4 rings (SSSR count). The fraction of sp³-hybridized carbons (Fsp3) is 0.421. The van der Waals surface area contributed by atoms with Gasteiger partial charge in [0, 0.05) is 45.3 Å². The highest BCUT2D eigenvalue weighted by Crippen LogP contribution is 2.14. The first-order valence-electron chi connectivity index (χ1n) is 9.08. The fourth-order valence-electron chi connectivity index (χ4n) is 3.30. The summed E-state index contributed by atoms with van der Waals surface area (Å²) in [6, 6.07) is 12.2. The van der Waals surface area contributed by atoms with Gasteiger partial charge in [-0.15, -0.1) is 0 Å². The predicted molar refractivity (Wildman–Crippen MR) is 104 cm³/mol. The van der Waals surface area contributed by atoms with E-state index < -0.39 is 0 Å². The molecule has 0 radical (unpaired) electrons. The summed E-state index contributed by atoms with van der Waals surface area (Å²) >= 11 is 1.50. The van der Waals surface area contributed by atoms with Crippen LogP contribution >= 0.6 is 11.3 Å². The molecule has 0 amide bonds. The summed E-state index contributed by atoms with van der Waals surface area (Å²) in [6.07, 6.45) is 0.826. The highest BCUT2D eigenvalue weighted by molar-refractivity contribution is 7.16.